The molecule has 0 spiro atoms. The van der Waals surface area contributed by atoms with Gasteiger partial charge in [0.05, 0.1) is 32.0 Å². The van der Waals surface area contributed by atoms with E-state index >= 15 is 0 Å². The Morgan fingerprint density at radius 2 is 1.90 bits per heavy atom. The summed E-state index contributed by atoms with van der Waals surface area (Å²) in [6, 6.07) is 6.24. The van der Waals surface area contributed by atoms with Crippen molar-refractivity contribution in [1.29, 1.82) is 5.26 Å². The minimum atomic E-state index is -1.71. The molecule has 13 heteroatoms. The molecule has 0 radical (unpaired) electrons. The molecule has 2 aliphatic rings. The van der Waals surface area contributed by atoms with E-state index in [0.717, 1.165) is 12.2 Å². The van der Waals surface area contributed by atoms with Crippen LogP contribution < -0.4 is 4.74 Å². The first-order valence-electron chi connectivity index (χ1n) is 12.1. The zero-order valence-corrected chi connectivity index (χ0v) is 21.6. The van der Waals surface area contributed by atoms with Gasteiger partial charge in [-0.25, -0.2) is 4.79 Å². The average Bonchev–Trinajstić information content (AvgIpc) is 2.93. The Hall–Kier alpha value is -3.06. The van der Waals surface area contributed by atoms with Crippen molar-refractivity contribution in [2.24, 2.45) is 0 Å². The summed E-state index contributed by atoms with van der Waals surface area (Å²) >= 11 is 0. The largest absolute Gasteiger partial charge is 0.504 e. The van der Waals surface area contributed by atoms with E-state index < -0.39 is 67.7 Å². The number of aromatic hydroxyl groups is 1. The summed E-state index contributed by atoms with van der Waals surface area (Å²) in [5.74, 6) is -0.824. The van der Waals surface area contributed by atoms with Crippen molar-refractivity contribution in [3.8, 4) is 17.6 Å². The summed E-state index contributed by atoms with van der Waals surface area (Å²) in [5, 5.41) is 60.6. The fourth-order valence-corrected chi connectivity index (χ4v) is 4.55. The van der Waals surface area contributed by atoms with E-state index in [9.17, 15) is 35.6 Å². The molecule has 1 aromatic rings. The number of nitrogens with zero attached hydrogens (tertiary/aromatic N) is 1. The van der Waals surface area contributed by atoms with Crippen molar-refractivity contribution < 1.29 is 58.7 Å². The first-order chi connectivity index (χ1) is 18.7. The molecule has 1 aliphatic carbocycles. The molecule has 1 aliphatic heterocycles. The number of aliphatic hydroxyl groups excluding tert-OH is 4. The Morgan fingerprint density at radius 3 is 2.51 bits per heavy atom. The third kappa shape index (κ3) is 6.93. The zero-order chi connectivity index (χ0) is 28.7. The van der Waals surface area contributed by atoms with Crippen LogP contribution in [0.1, 0.15) is 12.0 Å². The fraction of sp³-hybridized carbons (Fsp3) is 0.538. The molecule has 214 valence electrons. The predicted octanol–water partition coefficient (Wildman–Crippen LogP) is -0.605. The van der Waals surface area contributed by atoms with Gasteiger partial charge in [-0.3, -0.25) is 0 Å². The normalized spacial score (nSPS) is 34.1. The first-order valence-corrected chi connectivity index (χ1v) is 12.1. The SMILES string of the molecule is COc1cc(/C=C\C(=O)O[C@@H]2[C@@H](O[C@@H]3C[C@H](OC)[C@H](OC)[C@@H](O)/C3=C/C#N)O[C@@H](CO)[C@H](O)[C@H]2O)ccc1O. The number of rotatable bonds is 9. The maximum absolute atomic E-state index is 12.7. The number of benzene rings is 1. The topological polar surface area (TPSA) is 197 Å². The van der Waals surface area contributed by atoms with Crippen molar-refractivity contribution in [3.05, 3.63) is 41.5 Å². The second-order valence-electron chi connectivity index (χ2n) is 8.93. The number of hydrogen-bond acceptors (Lipinski definition) is 13. The van der Waals surface area contributed by atoms with Crippen LogP contribution in [-0.2, 0) is 28.5 Å². The molecule has 5 N–H and O–H groups in total. The molecule has 2 fully saturated rings. The second kappa shape index (κ2) is 13.8. The van der Waals surface area contributed by atoms with Crippen LogP contribution in [0.4, 0.5) is 0 Å². The van der Waals surface area contributed by atoms with Gasteiger partial charge in [-0.05, 0) is 23.8 Å². The van der Waals surface area contributed by atoms with Crippen molar-refractivity contribution in [2.45, 2.75) is 61.5 Å². The third-order valence-corrected chi connectivity index (χ3v) is 6.63. The number of phenols is 1. The number of carbonyl (C=O) groups excluding carboxylic acids is 1. The van der Waals surface area contributed by atoms with E-state index in [1.807, 2.05) is 6.07 Å². The minimum Gasteiger partial charge on any atom is -0.504 e. The fourth-order valence-electron chi connectivity index (χ4n) is 4.55. The van der Waals surface area contributed by atoms with Gasteiger partial charge in [-0.2, -0.15) is 5.26 Å². The van der Waals surface area contributed by atoms with Crippen LogP contribution in [0.5, 0.6) is 11.5 Å². The second-order valence-corrected chi connectivity index (χ2v) is 8.93. The number of carbonyl (C=O) groups is 1. The molecule has 0 unspecified atom stereocenters. The number of methoxy groups -OCH3 is 3. The van der Waals surface area contributed by atoms with E-state index in [0.29, 0.717) is 5.56 Å². The molecule has 1 saturated carbocycles. The number of hydrogen-bond donors (Lipinski definition) is 5. The van der Waals surface area contributed by atoms with Gasteiger partial charge in [0, 0.05) is 38.4 Å². The summed E-state index contributed by atoms with van der Waals surface area (Å²) < 4.78 is 32.8. The van der Waals surface area contributed by atoms with Gasteiger partial charge in [0.25, 0.3) is 0 Å². The number of allylic oxidation sites excluding steroid dienone is 1. The van der Waals surface area contributed by atoms with Gasteiger partial charge in [0.15, 0.2) is 23.9 Å². The van der Waals surface area contributed by atoms with E-state index in [1.54, 1.807) is 0 Å². The van der Waals surface area contributed by atoms with Gasteiger partial charge < -0.3 is 54.0 Å². The van der Waals surface area contributed by atoms with Crippen LogP contribution in [0.3, 0.4) is 0 Å². The summed E-state index contributed by atoms with van der Waals surface area (Å²) in [6.07, 6.45) is -7.77. The number of aliphatic hydroxyl groups is 4. The molecule has 39 heavy (non-hydrogen) atoms. The highest BCUT2D eigenvalue weighted by molar-refractivity contribution is 5.87. The lowest BCUT2D eigenvalue weighted by Crippen LogP contribution is -2.61. The Morgan fingerprint density at radius 1 is 1.15 bits per heavy atom. The zero-order valence-electron chi connectivity index (χ0n) is 21.6. The standard InChI is InChI=1S/C26H33NO12/c1-34-17-10-13(4-6-15(17)29)5-7-20(30)39-25-23(33)22(32)19(12-28)38-26(25)37-16-11-18(35-2)24(36-3)21(31)14(16)8-9-27/h4-8,10,16,18-19,21-26,28-29,31-33H,11-12H2,1-3H3/b7-5-,14-8+/t16-,18+,19+,21+,22+,23-,24+,25+,26+/m1/s1. The van der Waals surface area contributed by atoms with Crippen LogP contribution in [-0.4, -0.2) is 115 Å². The lowest BCUT2D eigenvalue weighted by Gasteiger charge is -2.45. The first kappa shape index (κ1) is 30.5. The molecule has 0 aromatic heterocycles. The van der Waals surface area contributed by atoms with Crippen molar-refractivity contribution >= 4 is 12.0 Å². The van der Waals surface area contributed by atoms with Gasteiger partial charge in [-0.1, -0.05) is 6.07 Å². The van der Waals surface area contributed by atoms with Crippen LogP contribution in [0.15, 0.2) is 35.9 Å². The Balaban J connectivity index is 1.84. The smallest absolute Gasteiger partial charge is 0.331 e. The highest BCUT2D eigenvalue weighted by atomic mass is 16.7. The van der Waals surface area contributed by atoms with E-state index in [-0.39, 0.29) is 23.5 Å². The van der Waals surface area contributed by atoms with Gasteiger partial charge in [0.2, 0.25) is 0 Å². The summed E-state index contributed by atoms with van der Waals surface area (Å²) in [5.41, 5.74) is 0.643. The Kier molecular flexibility index (Phi) is 10.8. The van der Waals surface area contributed by atoms with Crippen LogP contribution in [0, 0.1) is 11.3 Å². The molecule has 13 nitrogen and oxygen atoms in total. The predicted molar refractivity (Wildman–Crippen MR) is 132 cm³/mol. The number of esters is 1. The summed E-state index contributed by atoms with van der Waals surface area (Å²) in [7, 11) is 4.18. The molecular weight excluding hydrogens is 518 g/mol. The molecule has 9 atom stereocenters. The molecular formula is C26H33NO12. The Labute approximate surface area is 225 Å². The van der Waals surface area contributed by atoms with Crippen LogP contribution in [0.25, 0.3) is 6.08 Å². The summed E-state index contributed by atoms with van der Waals surface area (Å²) in [4.78, 5) is 12.7. The Bertz CT molecular complexity index is 1090. The quantitative estimate of drug-likeness (QED) is 0.148. The summed E-state index contributed by atoms with van der Waals surface area (Å²) in [6.45, 7) is -0.679. The highest BCUT2D eigenvalue weighted by Crippen LogP contribution is 2.34. The van der Waals surface area contributed by atoms with Gasteiger partial charge >= 0.3 is 5.97 Å². The number of phenolic OH excluding ortho intramolecular Hbond substituents is 1. The van der Waals surface area contributed by atoms with Gasteiger partial charge in [-0.15, -0.1) is 0 Å². The molecule has 0 amide bonds. The molecule has 1 heterocycles. The molecule has 0 bridgehead atoms. The monoisotopic (exact) mass is 551 g/mol. The van der Waals surface area contributed by atoms with Crippen molar-refractivity contribution in [2.75, 3.05) is 27.9 Å². The molecule has 3 rings (SSSR count). The van der Waals surface area contributed by atoms with Crippen LogP contribution >= 0.6 is 0 Å². The third-order valence-electron chi connectivity index (χ3n) is 6.63. The van der Waals surface area contributed by atoms with E-state index in [4.69, 9.17) is 28.4 Å². The maximum atomic E-state index is 12.7. The maximum Gasteiger partial charge on any atom is 0.331 e. The lowest BCUT2D eigenvalue weighted by molar-refractivity contribution is -0.314. The average molecular weight is 552 g/mol. The van der Waals surface area contributed by atoms with Crippen molar-refractivity contribution in [1.82, 2.24) is 0 Å². The molecule has 1 aromatic carbocycles. The van der Waals surface area contributed by atoms with E-state index in [1.165, 1.54) is 45.6 Å². The lowest BCUT2D eigenvalue weighted by atomic mass is 9.84. The number of nitriles is 1. The molecule has 1 saturated heterocycles. The van der Waals surface area contributed by atoms with Gasteiger partial charge in [0.1, 0.15) is 30.5 Å². The van der Waals surface area contributed by atoms with Crippen LogP contribution in [0.2, 0.25) is 0 Å². The van der Waals surface area contributed by atoms with Crippen molar-refractivity contribution in [3.63, 3.8) is 0 Å². The van der Waals surface area contributed by atoms with E-state index in [2.05, 4.69) is 0 Å². The minimum absolute atomic E-state index is 0.0858. The highest BCUT2D eigenvalue weighted by Gasteiger charge is 2.50. The number of ether oxygens (including phenoxy) is 6.